The smallest absolute Gasteiger partial charge is 0.222 e. The van der Waals surface area contributed by atoms with Gasteiger partial charge >= 0.3 is 0 Å². The minimum absolute atomic E-state index is 0.326. The Balaban J connectivity index is 1.87. The summed E-state index contributed by atoms with van der Waals surface area (Å²) in [4.78, 5) is 13.7. The Bertz CT molecular complexity index is 252. The molecule has 2 rings (SSSR count). The van der Waals surface area contributed by atoms with E-state index in [0.29, 0.717) is 17.9 Å². The van der Waals surface area contributed by atoms with E-state index in [2.05, 4.69) is 12.2 Å². The van der Waals surface area contributed by atoms with Crippen LogP contribution in [0.3, 0.4) is 0 Å². The van der Waals surface area contributed by atoms with Gasteiger partial charge in [-0.25, -0.2) is 0 Å². The molecule has 2 fully saturated rings. The van der Waals surface area contributed by atoms with Crippen LogP contribution in [0.5, 0.6) is 0 Å². The lowest BCUT2D eigenvalue weighted by Gasteiger charge is -2.28. The Morgan fingerprint density at radius 3 is 3.06 bits per heavy atom. The predicted molar refractivity (Wildman–Crippen MR) is 66.8 cm³/mol. The zero-order valence-electron chi connectivity index (χ0n) is 10.8. The predicted octanol–water partition coefficient (Wildman–Crippen LogP) is 1.01. The van der Waals surface area contributed by atoms with Gasteiger partial charge in [0.15, 0.2) is 0 Å². The maximum absolute atomic E-state index is 11.7. The molecule has 0 aromatic heterocycles. The molecule has 2 atom stereocenters. The van der Waals surface area contributed by atoms with Gasteiger partial charge in [-0.05, 0) is 25.8 Å². The fourth-order valence-corrected chi connectivity index (χ4v) is 2.71. The van der Waals surface area contributed by atoms with Gasteiger partial charge in [0.1, 0.15) is 0 Å². The first-order valence-corrected chi connectivity index (χ1v) is 6.90. The second kappa shape index (κ2) is 6.36. The normalized spacial score (nSPS) is 26.8. The molecule has 0 spiro atoms. The highest BCUT2D eigenvalue weighted by molar-refractivity contribution is 5.78. The van der Waals surface area contributed by atoms with Crippen molar-refractivity contribution in [2.75, 3.05) is 32.8 Å². The van der Waals surface area contributed by atoms with Gasteiger partial charge in [0.2, 0.25) is 5.91 Å². The van der Waals surface area contributed by atoms with Crippen LogP contribution in [-0.2, 0) is 9.53 Å². The van der Waals surface area contributed by atoms with Gasteiger partial charge in [-0.2, -0.15) is 0 Å². The summed E-state index contributed by atoms with van der Waals surface area (Å²) in [6, 6.07) is 0.416. The van der Waals surface area contributed by atoms with Crippen molar-refractivity contribution in [1.29, 1.82) is 0 Å². The summed E-state index contributed by atoms with van der Waals surface area (Å²) < 4.78 is 5.47. The highest BCUT2D eigenvalue weighted by atomic mass is 16.5. The van der Waals surface area contributed by atoms with Crippen molar-refractivity contribution in [2.24, 2.45) is 5.92 Å². The van der Waals surface area contributed by atoms with Crippen LogP contribution in [0.25, 0.3) is 0 Å². The third kappa shape index (κ3) is 3.42. The second-order valence-corrected chi connectivity index (χ2v) is 5.13. The van der Waals surface area contributed by atoms with Gasteiger partial charge in [0, 0.05) is 38.1 Å². The highest BCUT2D eigenvalue weighted by Gasteiger charge is 2.30. The van der Waals surface area contributed by atoms with Crippen molar-refractivity contribution in [3.8, 4) is 0 Å². The van der Waals surface area contributed by atoms with Crippen LogP contribution in [0.1, 0.15) is 32.6 Å². The maximum Gasteiger partial charge on any atom is 0.222 e. The van der Waals surface area contributed by atoms with E-state index in [4.69, 9.17) is 4.74 Å². The lowest BCUT2D eigenvalue weighted by Crippen LogP contribution is -2.46. The first-order valence-electron chi connectivity index (χ1n) is 6.90. The summed E-state index contributed by atoms with van der Waals surface area (Å²) in [5.74, 6) is 0.905. The fourth-order valence-electron chi connectivity index (χ4n) is 2.71. The number of nitrogens with one attached hydrogen (secondary N) is 1. The topological polar surface area (TPSA) is 41.6 Å². The minimum Gasteiger partial charge on any atom is -0.381 e. The molecule has 1 N–H and O–H groups in total. The largest absolute Gasteiger partial charge is 0.381 e. The number of hydrogen-bond donors (Lipinski definition) is 1. The van der Waals surface area contributed by atoms with E-state index < -0.39 is 0 Å². The summed E-state index contributed by atoms with van der Waals surface area (Å²) in [6.45, 7) is 6.75. The van der Waals surface area contributed by atoms with Gasteiger partial charge in [-0.15, -0.1) is 0 Å². The fraction of sp³-hybridized carbons (Fsp3) is 0.923. The van der Waals surface area contributed by atoms with E-state index in [1.165, 1.54) is 0 Å². The van der Waals surface area contributed by atoms with Crippen molar-refractivity contribution < 1.29 is 9.53 Å². The van der Waals surface area contributed by atoms with E-state index in [1.54, 1.807) is 0 Å². The molecular formula is C13H24N2O2. The highest BCUT2D eigenvalue weighted by Crippen LogP contribution is 2.19. The number of ether oxygens (including phenoxy) is 1. The number of rotatable bonds is 6. The lowest BCUT2D eigenvalue weighted by atomic mass is 9.98. The standard InChI is InChI=1S/C13H24N2O2/c1-2-6-14-12(11-5-8-17-10-11)9-15-7-3-4-13(15)16/h11-12,14H,2-10H2,1H3. The van der Waals surface area contributed by atoms with Crippen LogP contribution >= 0.6 is 0 Å². The number of nitrogens with zero attached hydrogens (tertiary/aromatic N) is 1. The molecular weight excluding hydrogens is 216 g/mol. The lowest BCUT2D eigenvalue weighted by molar-refractivity contribution is -0.128. The first kappa shape index (κ1) is 12.8. The molecule has 0 aromatic rings. The van der Waals surface area contributed by atoms with Crippen LogP contribution in [-0.4, -0.2) is 49.7 Å². The van der Waals surface area contributed by atoms with Crippen molar-refractivity contribution in [3.05, 3.63) is 0 Å². The third-order valence-electron chi connectivity index (χ3n) is 3.78. The Morgan fingerprint density at radius 2 is 2.47 bits per heavy atom. The van der Waals surface area contributed by atoms with Crippen LogP contribution in [0.2, 0.25) is 0 Å². The average molecular weight is 240 g/mol. The van der Waals surface area contributed by atoms with Gasteiger partial charge in [-0.1, -0.05) is 6.92 Å². The number of carbonyl (C=O) groups is 1. The summed E-state index contributed by atoms with van der Waals surface area (Å²) >= 11 is 0. The molecule has 1 amide bonds. The molecule has 4 nitrogen and oxygen atoms in total. The quantitative estimate of drug-likeness (QED) is 0.753. The number of carbonyl (C=O) groups excluding carboxylic acids is 1. The van der Waals surface area contributed by atoms with Crippen molar-refractivity contribution in [3.63, 3.8) is 0 Å². The average Bonchev–Trinajstić information content (AvgIpc) is 2.96. The maximum atomic E-state index is 11.7. The van der Waals surface area contributed by atoms with E-state index >= 15 is 0 Å². The van der Waals surface area contributed by atoms with Crippen molar-refractivity contribution in [1.82, 2.24) is 10.2 Å². The van der Waals surface area contributed by atoms with Gasteiger partial charge in [0.25, 0.3) is 0 Å². The molecule has 2 aliphatic rings. The van der Waals surface area contributed by atoms with Crippen LogP contribution in [0, 0.1) is 5.92 Å². The van der Waals surface area contributed by atoms with E-state index in [1.807, 2.05) is 4.90 Å². The molecule has 0 aliphatic carbocycles. The van der Waals surface area contributed by atoms with Gasteiger partial charge in [-0.3, -0.25) is 4.79 Å². The van der Waals surface area contributed by atoms with E-state index in [0.717, 1.165) is 58.5 Å². The molecule has 2 aliphatic heterocycles. The Labute approximate surface area is 104 Å². The molecule has 0 bridgehead atoms. The van der Waals surface area contributed by atoms with Crippen LogP contribution in [0.15, 0.2) is 0 Å². The summed E-state index contributed by atoms with van der Waals surface area (Å²) in [5, 5.41) is 3.58. The molecule has 2 saturated heterocycles. The number of likely N-dealkylation sites (tertiary alicyclic amines) is 1. The Hall–Kier alpha value is -0.610. The molecule has 98 valence electrons. The molecule has 0 saturated carbocycles. The minimum atomic E-state index is 0.326. The van der Waals surface area contributed by atoms with E-state index in [9.17, 15) is 4.79 Å². The monoisotopic (exact) mass is 240 g/mol. The zero-order chi connectivity index (χ0) is 12.1. The summed E-state index contributed by atoms with van der Waals surface area (Å²) in [7, 11) is 0. The molecule has 2 unspecified atom stereocenters. The van der Waals surface area contributed by atoms with E-state index in [-0.39, 0.29) is 0 Å². The number of hydrogen-bond acceptors (Lipinski definition) is 3. The Morgan fingerprint density at radius 1 is 1.59 bits per heavy atom. The molecule has 2 heterocycles. The van der Waals surface area contributed by atoms with Crippen molar-refractivity contribution in [2.45, 2.75) is 38.6 Å². The molecule has 17 heavy (non-hydrogen) atoms. The van der Waals surface area contributed by atoms with Gasteiger partial charge in [0.05, 0.1) is 6.61 Å². The summed E-state index contributed by atoms with van der Waals surface area (Å²) in [5.41, 5.74) is 0. The number of amides is 1. The summed E-state index contributed by atoms with van der Waals surface area (Å²) in [6.07, 6.45) is 4.03. The van der Waals surface area contributed by atoms with Crippen LogP contribution in [0.4, 0.5) is 0 Å². The first-order chi connectivity index (χ1) is 8.31. The zero-order valence-corrected chi connectivity index (χ0v) is 10.8. The molecule has 0 radical (unpaired) electrons. The molecule has 4 heteroatoms. The second-order valence-electron chi connectivity index (χ2n) is 5.13. The SMILES string of the molecule is CCCNC(CN1CCCC1=O)C1CCOC1. The van der Waals surface area contributed by atoms with Gasteiger partial charge < -0.3 is 15.0 Å². The Kier molecular flexibility index (Phi) is 4.80. The third-order valence-corrected chi connectivity index (χ3v) is 3.78. The van der Waals surface area contributed by atoms with Crippen molar-refractivity contribution >= 4 is 5.91 Å². The molecule has 0 aromatic carbocycles. The van der Waals surface area contributed by atoms with Crippen LogP contribution < -0.4 is 5.32 Å².